The lowest BCUT2D eigenvalue weighted by Crippen LogP contribution is -2.57. The Kier molecular flexibility index (Phi) is 3.57. The number of carbonyl (C=O) groups is 2. The summed E-state index contributed by atoms with van der Waals surface area (Å²) in [4.78, 5) is 23.3. The Morgan fingerprint density at radius 3 is 2.19 bits per heavy atom. The van der Waals surface area contributed by atoms with Gasteiger partial charge in [0.1, 0.15) is 5.54 Å². The Balaban J connectivity index is 2.74. The molecule has 0 aliphatic heterocycles. The molecule has 0 unspecified atom stereocenters. The van der Waals surface area contributed by atoms with Gasteiger partial charge in [0.25, 0.3) is 0 Å². The van der Waals surface area contributed by atoms with Crippen LogP contribution in [0.5, 0.6) is 0 Å². The second-order valence-corrected chi connectivity index (χ2v) is 5.13. The van der Waals surface area contributed by atoms with E-state index in [4.69, 9.17) is 11.5 Å². The third-order valence-corrected chi connectivity index (χ3v) is 3.48. The first-order valence-corrected chi connectivity index (χ1v) is 5.67. The molecule has 0 bridgehead atoms. The predicted molar refractivity (Wildman–Crippen MR) is 61.4 cm³/mol. The van der Waals surface area contributed by atoms with Crippen molar-refractivity contribution < 1.29 is 9.59 Å². The van der Waals surface area contributed by atoms with E-state index in [2.05, 4.69) is 5.32 Å². The van der Waals surface area contributed by atoms with Crippen LogP contribution in [0.1, 0.15) is 39.5 Å². The summed E-state index contributed by atoms with van der Waals surface area (Å²) in [5.41, 5.74) is 9.40. The Hall–Kier alpha value is -1.10. The Labute approximate surface area is 95.9 Å². The van der Waals surface area contributed by atoms with E-state index in [9.17, 15) is 9.59 Å². The number of nitrogens with one attached hydrogen (secondary N) is 1. The van der Waals surface area contributed by atoms with Crippen LogP contribution in [-0.2, 0) is 9.59 Å². The van der Waals surface area contributed by atoms with E-state index in [1.807, 2.05) is 0 Å². The van der Waals surface area contributed by atoms with Crippen LogP contribution >= 0.6 is 0 Å². The lowest BCUT2D eigenvalue weighted by Gasteiger charge is -2.31. The molecule has 0 spiro atoms. The standard InChI is InChI=1S/C11H21N3O2/c1-10(2,8(13)15)14-9(16)11(7-12)5-3-4-6-11/h3-7,12H2,1-2H3,(H2,13,15)(H,14,16). The number of primary amides is 1. The lowest BCUT2D eigenvalue weighted by molar-refractivity contribution is -0.136. The van der Waals surface area contributed by atoms with E-state index in [0.717, 1.165) is 25.7 Å². The van der Waals surface area contributed by atoms with Crippen molar-refractivity contribution in [3.05, 3.63) is 0 Å². The molecule has 1 aliphatic carbocycles. The monoisotopic (exact) mass is 227 g/mol. The molecule has 5 nitrogen and oxygen atoms in total. The highest BCUT2D eigenvalue weighted by molar-refractivity contribution is 5.92. The summed E-state index contributed by atoms with van der Waals surface area (Å²) in [7, 11) is 0. The Bertz CT molecular complexity index is 294. The fourth-order valence-corrected chi connectivity index (χ4v) is 2.05. The summed E-state index contributed by atoms with van der Waals surface area (Å²) in [6.07, 6.45) is 3.62. The van der Waals surface area contributed by atoms with Gasteiger partial charge in [-0.05, 0) is 26.7 Å². The van der Waals surface area contributed by atoms with Gasteiger partial charge in [0.05, 0.1) is 5.41 Å². The second kappa shape index (κ2) is 4.41. The van der Waals surface area contributed by atoms with Crippen LogP contribution in [0.4, 0.5) is 0 Å². The number of rotatable bonds is 4. The highest BCUT2D eigenvalue weighted by Crippen LogP contribution is 2.37. The van der Waals surface area contributed by atoms with Crippen molar-refractivity contribution >= 4 is 11.8 Å². The maximum atomic E-state index is 12.1. The van der Waals surface area contributed by atoms with Crippen LogP contribution in [0.3, 0.4) is 0 Å². The maximum Gasteiger partial charge on any atom is 0.242 e. The zero-order valence-electron chi connectivity index (χ0n) is 10.0. The van der Waals surface area contributed by atoms with Gasteiger partial charge in [-0.3, -0.25) is 9.59 Å². The van der Waals surface area contributed by atoms with Crippen LogP contribution in [0, 0.1) is 5.41 Å². The highest BCUT2D eigenvalue weighted by Gasteiger charge is 2.42. The van der Waals surface area contributed by atoms with Crippen molar-refractivity contribution in [3.8, 4) is 0 Å². The fraction of sp³-hybridized carbons (Fsp3) is 0.818. The van der Waals surface area contributed by atoms with Crippen molar-refractivity contribution in [1.29, 1.82) is 0 Å². The topological polar surface area (TPSA) is 98.2 Å². The van der Waals surface area contributed by atoms with E-state index in [1.165, 1.54) is 0 Å². The van der Waals surface area contributed by atoms with Gasteiger partial charge >= 0.3 is 0 Å². The van der Waals surface area contributed by atoms with E-state index in [0.29, 0.717) is 6.54 Å². The molecule has 0 radical (unpaired) electrons. The van der Waals surface area contributed by atoms with Crippen molar-refractivity contribution in [2.24, 2.45) is 16.9 Å². The molecule has 1 fully saturated rings. The van der Waals surface area contributed by atoms with E-state index >= 15 is 0 Å². The third-order valence-electron chi connectivity index (χ3n) is 3.48. The molecule has 2 amide bonds. The molecule has 0 heterocycles. The zero-order valence-corrected chi connectivity index (χ0v) is 10.0. The summed E-state index contributed by atoms with van der Waals surface area (Å²) in [6.45, 7) is 3.53. The second-order valence-electron chi connectivity index (χ2n) is 5.13. The minimum atomic E-state index is -1.01. The largest absolute Gasteiger partial charge is 0.368 e. The van der Waals surface area contributed by atoms with Gasteiger partial charge in [0.2, 0.25) is 11.8 Å². The van der Waals surface area contributed by atoms with E-state index in [-0.39, 0.29) is 5.91 Å². The number of amides is 2. The summed E-state index contributed by atoms with van der Waals surface area (Å²) in [5.74, 6) is -0.678. The minimum absolute atomic E-state index is 0.142. The molecule has 1 saturated carbocycles. The quantitative estimate of drug-likeness (QED) is 0.624. The van der Waals surface area contributed by atoms with Crippen LogP contribution in [0.2, 0.25) is 0 Å². The van der Waals surface area contributed by atoms with Gasteiger partial charge in [0, 0.05) is 6.54 Å². The number of carbonyl (C=O) groups excluding carboxylic acids is 2. The molecule has 0 saturated heterocycles. The van der Waals surface area contributed by atoms with E-state index in [1.54, 1.807) is 13.8 Å². The van der Waals surface area contributed by atoms with Crippen molar-refractivity contribution in [3.63, 3.8) is 0 Å². The first-order chi connectivity index (χ1) is 7.34. The van der Waals surface area contributed by atoms with E-state index < -0.39 is 16.9 Å². The first-order valence-electron chi connectivity index (χ1n) is 5.67. The molecular weight excluding hydrogens is 206 g/mol. The number of nitrogens with two attached hydrogens (primary N) is 2. The number of hydrogen-bond acceptors (Lipinski definition) is 3. The van der Waals surface area contributed by atoms with Crippen molar-refractivity contribution in [2.45, 2.75) is 45.1 Å². The van der Waals surface area contributed by atoms with Gasteiger partial charge in [-0.2, -0.15) is 0 Å². The Morgan fingerprint density at radius 1 is 1.31 bits per heavy atom. The van der Waals surface area contributed by atoms with Crippen molar-refractivity contribution in [2.75, 3.05) is 6.54 Å². The average molecular weight is 227 g/mol. The molecule has 1 rings (SSSR count). The SMILES string of the molecule is CC(C)(NC(=O)C1(CN)CCCC1)C(N)=O. The summed E-state index contributed by atoms with van der Waals surface area (Å²) < 4.78 is 0. The minimum Gasteiger partial charge on any atom is -0.368 e. The number of hydrogen-bond donors (Lipinski definition) is 3. The van der Waals surface area contributed by atoms with Gasteiger partial charge in [0.15, 0.2) is 0 Å². The molecular formula is C11H21N3O2. The lowest BCUT2D eigenvalue weighted by atomic mass is 9.84. The van der Waals surface area contributed by atoms with Crippen molar-refractivity contribution in [1.82, 2.24) is 5.32 Å². The molecule has 0 atom stereocenters. The summed E-state index contributed by atoms with van der Waals surface area (Å²) >= 11 is 0. The molecule has 0 aromatic carbocycles. The third kappa shape index (κ3) is 2.35. The molecule has 5 heteroatoms. The molecule has 0 aromatic heterocycles. The molecule has 92 valence electrons. The zero-order chi connectivity index (χ0) is 12.4. The molecule has 5 N–H and O–H groups in total. The predicted octanol–water partition coefficient (Wildman–Crippen LogP) is -0.114. The fourth-order valence-electron chi connectivity index (χ4n) is 2.05. The summed E-state index contributed by atoms with van der Waals surface area (Å²) in [6, 6.07) is 0. The summed E-state index contributed by atoms with van der Waals surface area (Å²) in [5, 5.41) is 2.70. The molecule has 0 aromatic rings. The van der Waals surface area contributed by atoms with Gasteiger partial charge in [-0.25, -0.2) is 0 Å². The smallest absolute Gasteiger partial charge is 0.242 e. The van der Waals surface area contributed by atoms with Crippen LogP contribution < -0.4 is 16.8 Å². The molecule has 16 heavy (non-hydrogen) atoms. The first kappa shape index (κ1) is 13.0. The normalized spacial score (nSPS) is 19.4. The highest BCUT2D eigenvalue weighted by atomic mass is 16.2. The van der Waals surface area contributed by atoms with Crippen LogP contribution in [0.25, 0.3) is 0 Å². The molecule has 1 aliphatic rings. The van der Waals surface area contributed by atoms with Gasteiger partial charge in [-0.1, -0.05) is 12.8 Å². The average Bonchev–Trinajstić information content (AvgIpc) is 2.66. The van der Waals surface area contributed by atoms with Gasteiger partial charge < -0.3 is 16.8 Å². The Morgan fingerprint density at radius 2 is 1.81 bits per heavy atom. The van der Waals surface area contributed by atoms with Gasteiger partial charge in [-0.15, -0.1) is 0 Å². The van der Waals surface area contributed by atoms with Crippen LogP contribution in [0.15, 0.2) is 0 Å². The maximum absolute atomic E-state index is 12.1. The van der Waals surface area contributed by atoms with Crippen LogP contribution in [-0.4, -0.2) is 23.9 Å².